The molecule has 0 bridgehead atoms. The van der Waals surface area contributed by atoms with Crippen molar-refractivity contribution in [2.45, 2.75) is 82.1 Å². The van der Waals surface area contributed by atoms with Gasteiger partial charge in [0.05, 0.1) is 0 Å². The molecule has 2 unspecified atom stereocenters. The quantitative estimate of drug-likeness (QED) is 0.552. The summed E-state index contributed by atoms with van der Waals surface area (Å²) in [5.74, 6) is 1.59. The van der Waals surface area contributed by atoms with Gasteiger partial charge in [-0.3, -0.25) is 0 Å². The van der Waals surface area contributed by atoms with Crippen LogP contribution < -0.4 is 0 Å². The fraction of sp³-hybridized carbons (Fsp3) is 1.00. The molecule has 2 atom stereocenters. The van der Waals surface area contributed by atoms with Crippen LogP contribution in [-0.4, -0.2) is 0 Å². The summed E-state index contributed by atoms with van der Waals surface area (Å²) < 4.78 is 0. The van der Waals surface area contributed by atoms with Gasteiger partial charge in [-0.2, -0.15) is 0 Å². The molecule has 0 heterocycles. The van der Waals surface area contributed by atoms with Gasteiger partial charge in [0.15, 0.2) is 0 Å². The number of hydrogen-bond acceptors (Lipinski definition) is 0. The summed E-state index contributed by atoms with van der Waals surface area (Å²) in [7, 11) is 0. The van der Waals surface area contributed by atoms with Gasteiger partial charge in [-0.25, -0.2) is 0 Å². The maximum atomic E-state index is 2.43. The summed E-state index contributed by atoms with van der Waals surface area (Å²) in [6.07, 6.45) is 2.70. The lowest BCUT2D eigenvalue weighted by atomic mass is 9.61. The van der Waals surface area contributed by atoms with Crippen molar-refractivity contribution in [3.63, 3.8) is 0 Å². The maximum absolute atomic E-state index is 2.43. The summed E-state index contributed by atoms with van der Waals surface area (Å²) in [5.41, 5.74) is 1.24. The van der Waals surface area contributed by atoms with Gasteiger partial charge in [0.25, 0.3) is 0 Å². The highest BCUT2D eigenvalue weighted by atomic mass is 14.4. The van der Waals surface area contributed by atoms with Crippen LogP contribution in [0.25, 0.3) is 0 Å². The molecule has 0 aliphatic carbocycles. The lowest BCUT2D eigenvalue weighted by Gasteiger charge is -2.44. The van der Waals surface area contributed by atoms with Crippen molar-refractivity contribution in [3.8, 4) is 0 Å². The zero-order valence-corrected chi connectivity index (χ0v) is 14.1. The summed E-state index contributed by atoms with van der Waals surface area (Å²) >= 11 is 0. The first-order valence-corrected chi connectivity index (χ1v) is 7.30. The lowest BCUT2D eigenvalue weighted by molar-refractivity contribution is 0.0523. The third kappa shape index (κ3) is 4.64. The smallest absolute Gasteiger partial charge is 0.0280 e. The molecular formula is C17H36. The molecule has 0 aromatic heterocycles. The highest BCUT2D eigenvalue weighted by molar-refractivity contribution is 4.87. The molecule has 0 N–H and O–H groups in total. The monoisotopic (exact) mass is 240 g/mol. The molecule has 0 saturated carbocycles. The average Bonchev–Trinajstić information content (AvgIpc) is 2.09. The second kappa shape index (κ2) is 5.33. The summed E-state index contributed by atoms with van der Waals surface area (Å²) in [6, 6.07) is 0. The Morgan fingerprint density at radius 2 is 1.00 bits per heavy atom. The molecule has 0 aromatic carbocycles. The largest absolute Gasteiger partial charge is 0.0620 e. The zero-order valence-electron chi connectivity index (χ0n) is 14.1. The molecule has 0 heteroatoms. The second-order valence-corrected chi connectivity index (χ2v) is 8.72. The van der Waals surface area contributed by atoms with E-state index in [0.29, 0.717) is 16.2 Å². The molecule has 17 heavy (non-hydrogen) atoms. The van der Waals surface area contributed by atoms with Gasteiger partial charge >= 0.3 is 0 Å². The van der Waals surface area contributed by atoms with Crippen LogP contribution in [0.4, 0.5) is 0 Å². The summed E-state index contributed by atoms with van der Waals surface area (Å²) in [4.78, 5) is 0. The normalized spacial score (nSPS) is 18.0. The van der Waals surface area contributed by atoms with Crippen molar-refractivity contribution in [1.82, 2.24) is 0 Å². The van der Waals surface area contributed by atoms with Crippen molar-refractivity contribution >= 4 is 0 Å². The van der Waals surface area contributed by atoms with Gasteiger partial charge in [0.2, 0.25) is 0 Å². The fourth-order valence-electron chi connectivity index (χ4n) is 2.03. The Kier molecular flexibility index (Phi) is 5.33. The van der Waals surface area contributed by atoms with Crippen LogP contribution in [0.3, 0.4) is 0 Å². The molecule has 0 saturated heterocycles. The Hall–Kier alpha value is 0. The van der Waals surface area contributed by atoms with Gasteiger partial charge in [-0.05, 0) is 40.9 Å². The first kappa shape index (κ1) is 17.0. The molecule has 0 aliphatic heterocycles. The third-order valence-corrected chi connectivity index (χ3v) is 5.68. The minimum absolute atomic E-state index is 0.386. The van der Waals surface area contributed by atoms with Gasteiger partial charge in [0.1, 0.15) is 0 Å². The Balaban J connectivity index is 4.43. The molecule has 0 rings (SSSR count). The van der Waals surface area contributed by atoms with E-state index in [4.69, 9.17) is 0 Å². The molecule has 0 aliphatic rings. The van der Waals surface area contributed by atoms with E-state index in [1.165, 1.54) is 12.8 Å². The molecule has 0 aromatic rings. The van der Waals surface area contributed by atoms with Crippen LogP contribution in [0.15, 0.2) is 0 Å². The van der Waals surface area contributed by atoms with Crippen LogP contribution in [0, 0.1) is 28.1 Å². The Labute approximate surface area is 111 Å². The Bertz CT molecular complexity index is 221. The topological polar surface area (TPSA) is 0 Å². The van der Waals surface area contributed by atoms with E-state index >= 15 is 0 Å². The van der Waals surface area contributed by atoms with Crippen LogP contribution in [0.1, 0.15) is 82.1 Å². The zero-order chi connectivity index (χ0) is 14.1. The van der Waals surface area contributed by atoms with E-state index < -0.39 is 0 Å². The molecule has 0 radical (unpaired) electrons. The van der Waals surface area contributed by atoms with E-state index in [9.17, 15) is 0 Å². The summed E-state index contributed by atoms with van der Waals surface area (Å²) in [6.45, 7) is 23.9. The highest BCUT2D eigenvalue weighted by Crippen LogP contribution is 2.46. The van der Waals surface area contributed by atoms with Crippen molar-refractivity contribution in [1.29, 1.82) is 0 Å². The van der Waals surface area contributed by atoms with Crippen LogP contribution >= 0.6 is 0 Å². The SMILES string of the molecule is CC(CCC(C)C(C)(C)C(C)(C)C)C(C)(C)C. The Morgan fingerprint density at radius 3 is 1.29 bits per heavy atom. The van der Waals surface area contributed by atoms with Crippen LogP contribution in [-0.2, 0) is 0 Å². The van der Waals surface area contributed by atoms with E-state index in [1.807, 2.05) is 0 Å². The van der Waals surface area contributed by atoms with Gasteiger partial charge in [0, 0.05) is 0 Å². The van der Waals surface area contributed by atoms with Gasteiger partial charge in [-0.1, -0.05) is 69.2 Å². The lowest BCUT2D eigenvalue weighted by Crippen LogP contribution is -2.36. The van der Waals surface area contributed by atoms with Crippen molar-refractivity contribution in [2.75, 3.05) is 0 Å². The molecule has 104 valence electrons. The molecule has 0 fully saturated rings. The summed E-state index contributed by atoms with van der Waals surface area (Å²) in [5, 5.41) is 0. The van der Waals surface area contributed by atoms with E-state index in [0.717, 1.165) is 11.8 Å². The molecule has 0 nitrogen and oxygen atoms in total. The van der Waals surface area contributed by atoms with Crippen molar-refractivity contribution in [2.24, 2.45) is 28.1 Å². The standard InChI is InChI=1S/C17H36/c1-13(15(3,4)5)11-12-14(2)17(9,10)16(6,7)8/h13-14H,11-12H2,1-10H3. The molecule has 0 spiro atoms. The highest BCUT2D eigenvalue weighted by Gasteiger charge is 2.37. The van der Waals surface area contributed by atoms with Gasteiger partial charge < -0.3 is 0 Å². The van der Waals surface area contributed by atoms with E-state index in [-0.39, 0.29) is 0 Å². The Morgan fingerprint density at radius 1 is 0.647 bits per heavy atom. The molecular weight excluding hydrogens is 204 g/mol. The second-order valence-electron chi connectivity index (χ2n) is 8.72. The van der Waals surface area contributed by atoms with E-state index in [2.05, 4.69) is 69.2 Å². The predicted octanol–water partition coefficient (Wildman–Crippen LogP) is 6.16. The first-order chi connectivity index (χ1) is 7.30. The maximum Gasteiger partial charge on any atom is -0.0280 e. The minimum Gasteiger partial charge on any atom is -0.0620 e. The minimum atomic E-state index is 0.386. The van der Waals surface area contributed by atoms with Crippen molar-refractivity contribution < 1.29 is 0 Å². The molecule has 0 amide bonds. The van der Waals surface area contributed by atoms with E-state index in [1.54, 1.807) is 0 Å². The average molecular weight is 240 g/mol. The van der Waals surface area contributed by atoms with Crippen molar-refractivity contribution in [3.05, 3.63) is 0 Å². The van der Waals surface area contributed by atoms with Gasteiger partial charge in [-0.15, -0.1) is 0 Å². The first-order valence-electron chi connectivity index (χ1n) is 7.30. The number of rotatable bonds is 4. The fourth-order valence-corrected chi connectivity index (χ4v) is 2.03. The number of hydrogen-bond donors (Lipinski definition) is 0. The predicted molar refractivity (Wildman–Crippen MR) is 80.3 cm³/mol. The van der Waals surface area contributed by atoms with Crippen LogP contribution in [0.2, 0.25) is 0 Å². The van der Waals surface area contributed by atoms with Crippen LogP contribution in [0.5, 0.6) is 0 Å². The third-order valence-electron chi connectivity index (χ3n) is 5.68.